The minimum Gasteiger partial charge on any atom is -0.197 e. The van der Waals surface area contributed by atoms with Crippen LogP contribution >= 0.6 is 15.9 Å². The number of halogens is 1. The van der Waals surface area contributed by atoms with Crippen LogP contribution in [-0.4, -0.2) is 23.5 Å². The molecule has 0 aliphatic carbocycles. The van der Waals surface area contributed by atoms with Crippen molar-refractivity contribution in [2.75, 3.05) is 0 Å². The van der Waals surface area contributed by atoms with E-state index in [1.165, 1.54) is 24.1 Å². The topological polar surface area (TPSA) is 41.6 Å². The van der Waals surface area contributed by atoms with E-state index in [4.69, 9.17) is 0 Å². The van der Waals surface area contributed by atoms with E-state index in [2.05, 4.69) is 63.5 Å². The van der Waals surface area contributed by atoms with Crippen molar-refractivity contribution in [2.24, 2.45) is 0 Å². The maximum atomic E-state index is 4.21. The Bertz CT molecular complexity index is 521. The number of hydrogen-bond donors (Lipinski definition) is 1. The summed E-state index contributed by atoms with van der Waals surface area (Å²) in [6.07, 6.45) is 2.57. The molecule has 1 aromatic heterocycles. The fourth-order valence-electron chi connectivity index (χ4n) is 2.16. The molecule has 92 valence electrons. The first-order chi connectivity index (χ1) is 8.06. The third kappa shape index (κ3) is 2.45. The van der Waals surface area contributed by atoms with Crippen molar-refractivity contribution in [1.82, 2.24) is 15.4 Å². The first-order valence-corrected chi connectivity index (χ1v) is 10.1. The van der Waals surface area contributed by atoms with Crippen LogP contribution in [0.5, 0.6) is 0 Å². The average molecular weight is 312 g/mol. The van der Waals surface area contributed by atoms with Crippen molar-refractivity contribution in [3.8, 4) is 0 Å². The number of aromatic nitrogens is 3. The van der Waals surface area contributed by atoms with Gasteiger partial charge >= 0.3 is 0 Å². The monoisotopic (exact) mass is 311 g/mol. The van der Waals surface area contributed by atoms with E-state index in [1.807, 2.05) is 0 Å². The lowest BCUT2D eigenvalue weighted by Gasteiger charge is -2.24. The Labute approximate surface area is 111 Å². The van der Waals surface area contributed by atoms with E-state index in [0.717, 1.165) is 15.5 Å². The molecule has 0 saturated carbocycles. The van der Waals surface area contributed by atoms with Gasteiger partial charge in [0.05, 0.1) is 8.07 Å². The van der Waals surface area contributed by atoms with Crippen LogP contribution in [0.15, 0.2) is 16.6 Å². The predicted octanol–water partition coefficient (Wildman–Crippen LogP) is 3.44. The number of nitrogens with zero attached hydrogens (tertiary/aromatic N) is 2. The average Bonchev–Trinajstić information content (AvgIpc) is 2.75. The summed E-state index contributed by atoms with van der Waals surface area (Å²) in [5, 5.41) is 12.5. The number of aromatic amines is 1. The van der Waals surface area contributed by atoms with E-state index in [9.17, 15) is 0 Å². The number of rotatable bonds is 4. The molecule has 5 heteroatoms. The Balaban J connectivity index is 2.43. The summed E-state index contributed by atoms with van der Waals surface area (Å²) in [5.41, 5.74) is 1.89. The van der Waals surface area contributed by atoms with Crippen LogP contribution in [-0.2, 0) is 0 Å². The number of hydrogen-bond acceptors (Lipinski definition) is 2. The number of H-pyrrole nitrogens is 1. The first kappa shape index (κ1) is 12.8. The van der Waals surface area contributed by atoms with Crippen molar-refractivity contribution < 1.29 is 0 Å². The highest BCUT2D eigenvalue weighted by atomic mass is 79.9. The van der Waals surface area contributed by atoms with E-state index in [-0.39, 0.29) is 0 Å². The number of unbranched alkanes of at least 4 members (excludes halogenated alkanes) is 1. The lowest BCUT2D eigenvalue weighted by atomic mass is 10.3. The molecule has 0 bridgehead atoms. The van der Waals surface area contributed by atoms with Gasteiger partial charge in [-0.1, -0.05) is 45.0 Å². The number of fused-ring (bicyclic) bond motifs is 1. The van der Waals surface area contributed by atoms with Gasteiger partial charge in [-0.15, -0.1) is 0 Å². The Morgan fingerprint density at radius 1 is 1.29 bits per heavy atom. The summed E-state index contributed by atoms with van der Waals surface area (Å²) < 4.78 is 1.14. The van der Waals surface area contributed by atoms with Crippen LogP contribution in [0.3, 0.4) is 0 Å². The lowest BCUT2D eigenvalue weighted by molar-refractivity contribution is 0.870. The van der Waals surface area contributed by atoms with Crippen LogP contribution in [0.2, 0.25) is 19.1 Å². The van der Waals surface area contributed by atoms with Crippen molar-refractivity contribution >= 4 is 40.2 Å². The fourth-order valence-corrected chi connectivity index (χ4v) is 6.94. The summed E-state index contributed by atoms with van der Waals surface area (Å²) in [4.78, 5) is 0. The van der Waals surface area contributed by atoms with Gasteiger partial charge in [0.1, 0.15) is 11.0 Å². The lowest BCUT2D eigenvalue weighted by Crippen LogP contribution is -2.42. The van der Waals surface area contributed by atoms with E-state index < -0.39 is 8.07 Å². The molecule has 0 atom stereocenters. The molecule has 0 saturated heterocycles. The standard InChI is InChI=1S/C12H18BrN3Si/c1-4-5-8-17(2,3)10-7-6-9-12(11(10)13)15-16-14-9/h6-7H,4-5,8H2,1-3H3,(H,14,15,16). The van der Waals surface area contributed by atoms with Crippen LogP contribution in [0.25, 0.3) is 11.0 Å². The second kappa shape index (κ2) is 4.90. The highest BCUT2D eigenvalue weighted by Gasteiger charge is 2.26. The van der Waals surface area contributed by atoms with Gasteiger partial charge in [0.15, 0.2) is 0 Å². The van der Waals surface area contributed by atoms with Gasteiger partial charge in [-0.05, 0) is 27.2 Å². The van der Waals surface area contributed by atoms with Gasteiger partial charge < -0.3 is 0 Å². The smallest absolute Gasteiger partial charge is 0.127 e. The highest BCUT2D eigenvalue weighted by molar-refractivity contribution is 9.10. The predicted molar refractivity (Wildman–Crippen MR) is 78.4 cm³/mol. The summed E-state index contributed by atoms with van der Waals surface area (Å²) >= 11 is 3.70. The molecule has 1 heterocycles. The molecule has 0 radical (unpaired) electrons. The van der Waals surface area contributed by atoms with E-state index in [0.29, 0.717) is 0 Å². The Morgan fingerprint density at radius 2 is 2.06 bits per heavy atom. The maximum Gasteiger partial charge on any atom is 0.127 e. The second-order valence-corrected chi connectivity index (χ2v) is 10.7. The van der Waals surface area contributed by atoms with E-state index in [1.54, 1.807) is 0 Å². The summed E-state index contributed by atoms with van der Waals surface area (Å²) in [5.74, 6) is 0. The third-order valence-corrected chi connectivity index (χ3v) is 7.96. The zero-order chi connectivity index (χ0) is 12.5. The third-order valence-electron chi connectivity index (χ3n) is 3.31. The molecule has 0 fully saturated rings. The molecule has 0 aliphatic heterocycles. The van der Waals surface area contributed by atoms with Gasteiger partial charge in [-0.2, -0.15) is 15.4 Å². The zero-order valence-corrected chi connectivity index (χ0v) is 13.1. The summed E-state index contributed by atoms with van der Waals surface area (Å²) in [6.45, 7) is 7.10. The fraction of sp³-hybridized carbons (Fsp3) is 0.500. The number of benzene rings is 1. The zero-order valence-electron chi connectivity index (χ0n) is 10.5. The highest BCUT2D eigenvalue weighted by Crippen LogP contribution is 2.24. The Morgan fingerprint density at radius 3 is 2.76 bits per heavy atom. The molecule has 0 unspecified atom stereocenters. The van der Waals surface area contributed by atoms with E-state index >= 15 is 0 Å². The largest absolute Gasteiger partial charge is 0.197 e. The molecule has 0 amide bonds. The van der Waals surface area contributed by atoms with Crippen LogP contribution in [0, 0.1) is 0 Å². The van der Waals surface area contributed by atoms with Crippen molar-refractivity contribution in [1.29, 1.82) is 0 Å². The van der Waals surface area contributed by atoms with Gasteiger partial charge in [-0.25, -0.2) is 0 Å². The van der Waals surface area contributed by atoms with Crippen molar-refractivity contribution in [3.05, 3.63) is 16.6 Å². The molecule has 2 rings (SSSR count). The van der Waals surface area contributed by atoms with Crippen LogP contribution in [0.1, 0.15) is 19.8 Å². The van der Waals surface area contributed by atoms with Gasteiger partial charge in [-0.3, -0.25) is 0 Å². The minimum atomic E-state index is -1.36. The molecular formula is C12H18BrN3Si. The van der Waals surface area contributed by atoms with Crippen LogP contribution in [0.4, 0.5) is 0 Å². The molecule has 17 heavy (non-hydrogen) atoms. The Kier molecular flexibility index (Phi) is 3.68. The molecule has 1 N–H and O–H groups in total. The quantitative estimate of drug-likeness (QED) is 0.879. The maximum absolute atomic E-state index is 4.21. The SMILES string of the molecule is CCCC[Si](C)(C)c1ccc2n[nH]nc2c1Br. The number of nitrogens with one attached hydrogen (secondary N) is 1. The van der Waals surface area contributed by atoms with Gasteiger partial charge in [0.25, 0.3) is 0 Å². The Hall–Kier alpha value is -0.683. The van der Waals surface area contributed by atoms with Gasteiger partial charge in [0.2, 0.25) is 0 Å². The molecule has 0 spiro atoms. The normalized spacial score (nSPS) is 12.2. The van der Waals surface area contributed by atoms with Crippen molar-refractivity contribution in [3.63, 3.8) is 0 Å². The summed E-state index contributed by atoms with van der Waals surface area (Å²) in [6, 6.07) is 5.61. The van der Waals surface area contributed by atoms with Gasteiger partial charge in [0, 0.05) is 4.47 Å². The first-order valence-electron chi connectivity index (χ1n) is 6.05. The molecule has 3 nitrogen and oxygen atoms in total. The summed E-state index contributed by atoms with van der Waals surface area (Å²) in [7, 11) is -1.36. The van der Waals surface area contributed by atoms with Crippen molar-refractivity contribution in [2.45, 2.75) is 38.9 Å². The minimum absolute atomic E-state index is 0.931. The molecule has 0 aliphatic rings. The molecule has 2 aromatic rings. The second-order valence-electron chi connectivity index (χ2n) is 5.11. The molecular weight excluding hydrogens is 294 g/mol. The molecule has 1 aromatic carbocycles. The van der Waals surface area contributed by atoms with Crippen LogP contribution < -0.4 is 5.19 Å².